The fourth-order valence-electron chi connectivity index (χ4n) is 3.65. The van der Waals surface area contributed by atoms with E-state index in [4.69, 9.17) is 16.3 Å². The fourth-order valence-corrected chi connectivity index (χ4v) is 5.11. The first-order valence-electron chi connectivity index (χ1n) is 9.81. The van der Waals surface area contributed by atoms with Crippen molar-refractivity contribution < 1.29 is 9.53 Å². The van der Waals surface area contributed by atoms with E-state index in [-0.39, 0.29) is 6.03 Å². The molecule has 2 aromatic carbocycles. The molecule has 0 saturated heterocycles. The molecule has 1 aliphatic rings. The minimum atomic E-state index is -0.265. The molecule has 2 amide bonds. The summed E-state index contributed by atoms with van der Waals surface area (Å²) in [5.74, 6) is 1.61. The first-order valence-corrected chi connectivity index (χ1v) is 11.0. The molecule has 0 saturated carbocycles. The summed E-state index contributed by atoms with van der Waals surface area (Å²) in [7, 11) is 1.58. The van der Waals surface area contributed by atoms with Crippen LogP contribution in [-0.2, 0) is 6.42 Å². The number of nitrogens with one attached hydrogen (secondary N) is 2. The zero-order chi connectivity index (χ0) is 21.4. The third-order valence-corrected chi connectivity index (χ3v) is 6.65. The lowest BCUT2D eigenvalue weighted by Crippen LogP contribution is -2.24. The van der Waals surface area contributed by atoms with Crippen LogP contribution >= 0.6 is 22.9 Å². The molecule has 0 atom stereocenters. The van der Waals surface area contributed by atoms with Gasteiger partial charge in [-0.2, -0.15) is 0 Å². The highest BCUT2D eigenvalue weighted by Gasteiger charge is 2.22. The molecule has 2 N–H and O–H groups in total. The van der Waals surface area contributed by atoms with Crippen LogP contribution in [0.2, 0.25) is 5.02 Å². The lowest BCUT2D eigenvalue weighted by atomic mass is 10.1. The van der Waals surface area contributed by atoms with Crippen LogP contribution in [0.5, 0.6) is 5.75 Å². The Bertz CT molecular complexity index is 1280. The molecule has 0 spiro atoms. The lowest BCUT2D eigenvalue weighted by Gasteiger charge is -2.11. The van der Waals surface area contributed by atoms with Gasteiger partial charge in [0.05, 0.1) is 22.2 Å². The smallest absolute Gasteiger partial charge is 0.318 e. The van der Waals surface area contributed by atoms with E-state index in [9.17, 15) is 4.79 Å². The van der Waals surface area contributed by atoms with Crippen molar-refractivity contribution in [1.29, 1.82) is 0 Å². The number of anilines is 1. The monoisotopic (exact) mass is 450 g/mol. The predicted octanol–water partition coefficient (Wildman–Crippen LogP) is 5.61. The van der Waals surface area contributed by atoms with Crippen LogP contribution in [-0.4, -0.2) is 29.2 Å². The minimum absolute atomic E-state index is 0.265. The number of nitrogens with zero attached hydrogens (tertiary/aromatic N) is 2. The van der Waals surface area contributed by atoms with Crippen molar-refractivity contribution in [3.63, 3.8) is 0 Å². The number of aromatic nitrogens is 2. The van der Waals surface area contributed by atoms with Gasteiger partial charge in [-0.15, -0.1) is 11.3 Å². The van der Waals surface area contributed by atoms with E-state index in [1.807, 2.05) is 53.2 Å². The number of halogens is 1. The maximum Gasteiger partial charge on any atom is 0.318 e. The topological polar surface area (TPSA) is 68.2 Å². The van der Waals surface area contributed by atoms with Crippen LogP contribution in [0.25, 0.3) is 26.8 Å². The summed E-state index contributed by atoms with van der Waals surface area (Å²) in [6, 6.07) is 15.4. The molecule has 0 bridgehead atoms. The van der Waals surface area contributed by atoms with E-state index in [0.29, 0.717) is 17.3 Å². The zero-order valence-electron chi connectivity index (χ0n) is 16.7. The third-order valence-electron chi connectivity index (χ3n) is 5.12. The van der Waals surface area contributed by atoms with E-state index in [2.05, 4.69) is 21.7 Å². The molecule has 0 fully saturated rings. The molecule has 31 heavy (non-hydrogen) atoms. The molecule has 0 radical (unpaired) electrons. The summed E-state index contributed by atoms with van der Waals surface area (Å²) >= 11 is 8.11. The lowest BCUT2D eigenvalue weighted by molar-refractivity contribution is 0.254. The van der Waals surface area contributed by atoms with Gasteiger partial charge in [0.25, 0.3) is 0 Å². The van der Waals surface area contributed by atoms with Gasteiger partial charge in [-0.3, -0.25) is 4.57 Å². The van der Waals surface area contributed by atoms with Crippen LogP contribution in [0.1, 0.15) is 5.56 Å². The Hall–Kier alpha value is -3.29. The molecule has 0 aliphatic carbocycles. The minimum Gasteiger partial charge on any atom is -0.492 e. The van der Waals surface area contributed by atoms with Crippen LogP contribution in [0.3, 0.4) is 0 Å². The van der Waals surface area contributed by atoms with Crippen molar-refractivity contribution in [2.24, 2.45) is 0 Å². The van der Waals surface area contributed by atoms with Gasteiger partial charge in [-0.05, 0) is 35.9 Å². The molecular formula is C23H19ClN4O2S. The molecule has 156 valence electrons. The Morgan fingerprint density at radius 1 is 1.23 bits per heavy atom. The number of imidazole rings is 1. The maximum atomic E-state index is 11.6. The number of fused-ring (bicyclic) bond motifs is 3. The van der Waals surface area contributed by atoms with Gasteiger partial charge < -0.3 is 15.4 Å². The Kier molecular flexibility index (Phi) is 5.13. The van der Waals surface area contributed by atoms with Gasteiger partial charge in [0.15, 0.2) is 5.82 Å². The number of benzene rings is 2. The summed E-state index contributed by atoms with van der Waals surface area (Å²) in [5.41, 5.74) is 3.82. The van der Waals surface area contributed by atoms with E-state index in [1.165, 1.54) is 5.56 Å². The van der Waals surface area contributed by atoms with E-state index in [1.54, 1.807) is 24.6 Å². The summed E-state index contributed by atoms with van der Waals surface area (Å²) in [5, 5.41) is 6.02. The number of ether oxygens (including phenoxy) is 1. The van der Waals surface area contributed by atoms with Gasteiger partial charge in [-0.1, -0.05) is 23.7 Å². The summed E-state index contributed by atoms with van der Waals surface area (Å²) in [4.78, 5) is 18.5. The van der Waals surface area contributed by atoms with Gasteiger partial charge in [0.2, 0.25) is 0 Å². The molecule has 3 heterocycles. The van der Waals surface area contributed by atoms with Crippen molar-refractivity contribution in [3.8, 4) is 32.6 Å². The second-order valence-electron chi connectivity index (χ2n) is 7.05. The second kappa shape index (κ2) is 8.09. The van der Waals surface area contributed by atoms with Crippen molar-refractivity contribution in [2.75, 3.05) is 19.0 Å². The van der Waals surface area contributed by atoms with Crippen molar-refractivity contribution >= 4 is 34.7 Å². The average Bonchev–Trinajstić information content (AvgIpc) is 3.38. The predicted molar refractivity (Wildman–Crippen MR) is 125 cm³/mol. The highest BCUT2D eigenvalue weighted by molar-refractivity contribution is 7.19. The highest BCUT2D eigenvalue weighted by Crippen LogP contribution is 2.44. The first-order chi connectivity index (χ1) is 15.1. The number of hydrogen-bond acceptors (Lipinski definition) is 4. The maximum absolute atomic E-state index is 11.6. The van der Waals surface area contributed by atoms with E-state index < -0.39 is 0 Å². The number of thiophene rings is 1. The fraction of sp³-hybridized carbons (Fsp3) is 0.130. The van der Waals surface area contributed by atoms with Crippen molar-refractivity contribution in [2.45, 2.75) is 6.42 Å². The average molecular weight is 451 g/mol. The number of para-hydroxylation sites is 1. The Labute approximate surface area is 188 Å². The highest BCUT2D eigenvalue weighted by atomic mass is 35.5. The summed E-state index contributed by atoms with van der Waals surface area (Å²) < 4.78 is 8.00. The first kappa shape index (κ1) is 19.7. The molecule has 0 unspecified atom stereocenters. The molecule has 2 aromatic heterocycles. The van der Waals surface area contributed by atoms with Gasteiger partial charge in [-0.25, -0.2) is 9.78 Å². The molecule has 1 aliphatic heterocycles. The third kappa shape index (κ3) is 3.66. The number of carbonyl (C=O) groups excluding carboxylic acids is 1. The van der Waals surface area contributed by atoms with Gasteiger partial charge >= 0.3 is 6.03 Å². The van der Waals surface area contributed by atoms with Crippen LogP contribution in [0, 0.1) is 0 Å². The zero-order valence-corrected chi connectivity index (χ0v) is 18.3. The van der Waals surface area contributed by atoms with Gasteiger partial charge in [0.1, 0.15) is 5.75 Å². The number of carbonyl (C=O) groups is 1. The van der Waals surface area contributed by atoms with Crippen LogP contribution < -0.4 is 15.4 Å². The number of urea groups is 1. The van der Waals surface area contributed by atoms with E-state index >= 15 is 0 Å². The molecule has 4 aromatic rings. The van der Waals surface area contributed by atoms with Crippen molar-refractivity contribution in [1.82, 2.24) is 14.9 Å². The standard InChI is InChI=1S/C23H19ClN4O2S/c1-25-23(29)27-15-6-7-16-19(13-15)30-11-8-14-12-20(31-21(14)16)22-26-9-10-28(22)18-5-3-2-4-17(18)24/h2-7,9-10,12-13H,8,11H2,1H3,(H2,25,27,29). The quantitative estimate of drug-likeness (QED) is 0.426. The molecular weight excluding hydrogens is 432 g/mol. The number of rotatable bonds is 3. The SMILES string of the molecule is CNC(=O)Nc1ccc2c(c1)OCCc1cc(-c3nccn3-c3ccccc3Cl)sc1-2. The summed E-state index contributed by atoms with van der Waals surface area (Å²) in [6.07, 6.45) is 4.51. The molecule has 5 rings (SSSR count). The second-order valence-corrected chi connectivity index (χ2v) is 8.51. The number of amides is 2. The number of hydrogen-bond donors (Lipinski definition) is 2. The largest absolute Gasteiger partial charge is 0.492 e. The molecule has 8 heteroatoms. The normalized spacial score (nSPS) is 12.3. The van der Waals surface area contributed by atoms with Gasteiger partial charge in [0, 0.05) is 48.1 Å². The van der Waals surface area contributed by atoms with E-state index in [0.717, 1.165) is 39.0 Å². The van der Waals surface area contributed by atoms with Crippen molar-refractivity contribution in [3.05, 3.63) is 71.5 Å². The molecule has 6 nitrogen and oxygen atoms in total. The Balaban J connectivity index is 1.56. The van der Waals surface area contributed by atoms with Crippen LogP contribution in [0.15, 0.2) is 60.9 Å². The summed E-state index contributed by atoms with van der Waals surface area (Å²) in [6.45, 7) is 0.568. The van der Waals surface area contributed by atoms with Crippen LogP contribution in [0.4, 0.5) is 10.5 Å². The Morgan fingerprint density at radius 3 is 2.94 bits per heavy atom. The Morgan fingerprint density at radius 2 is 2.10 bits per heavy atom.